The lowest BCUT2D eigenvalue weighted by Crippen LogP contribution is -2.27. The zero-order valence-corrected chi connectivity index (χ0v) is 12.3. The highest BCUT2D eigenvalue weighted by molar-refractivity contribution is 5.72. The lowest BCUT2D eigenvalue weighted by atomic mass is 10.2. The maximum absolute atomic E-state index is 11.9. The average molecular weight is 288 g/mol. The van der Waals surface area contributed by atoms with Crippen LogP contribution in [0.3, 0.4) is 0 Å². The summed E-state index contributed by atoms with van der Waals surface area (Å²) in [7, 11) is 0. The van der Waals surface area contributed by atoms with Gasteiger partial charge in [0.05, 0.1) is 18.2 Å². The molecule has 0 bridgehead atoms. The Hall–Kier alpha value is -2.14. The van der Waals surface area contributed by atoms with Crippen LogP contribution >= 0.6 is 0 Å². The molecule has 0 spiro atoms. The highest BCUT2D eigenvalue weighted by atomic mass is 16.5. The Kier molecular flexibility index (Phi) is 5.51. The second kappa shape index (κ2) is 7.59. The molecule has 1 aromatic carbocycles. The van der Waals surface area contributed by atoms with Gasteiger partial charge in [-0.05, 0) is 12.5 Å². The fourth-order valence-electron chi connectivity index (χ4n) is 1.87. The van der Waals surface area contributed by atoms with Crippen LogP contribution in [0.4, 0.5) is 0 Å². The Morgan fingerprint density at radius 2 is 2.14 bits per heavy atom. The van der Waals surface area contributed by atoms with Crippen LogP contribution in [0.5, 0.6) is 0 Å². The molecule has 21 heavy (non-hydrogen) atoms. The van der Waals surface area contributed by atoms with E-state index in [9.17, 15) is 4.79 Å². The Balaban J connectivity index is 1.67. The van der Waals surface area contributed by atoms with E-state index in [0.717, 1.165) is 17.0 Å². The highest BCUT2D eigenvalue weighted by Gasteiger charge is 2.14. The molecule has 1 aromatic heterocycles. The summed E-state index contributed by atoms with van der Waals surface area (Å²) in [6.07, 6.45) is 0. The zero-order valence-electron chi connectivity index (χ0n) is 12.3. The summed E-state index contributed by atoms with van der Waals surface area (Å²) in [4.78, 5) is 11.9. The maximum atomic E-state index is 11.9. The molecule has 1 N–H and O–H groups in total. The Morgan fingerprint density at radius 1 is 1.38 bits per heavy atom. The van der Waals surface area contributed by atoms with Crippen molar-refractivity contribution in [2.24, 2.45) is 5.92 Å². The number of ether oxygens (including phenoxy) is 1. The van der Waals surface area contributed by atoms with Crippen molar-refractivity contribution in [3.8, 4) is 0 Å². The highest BCUT2D eigenvalue weighted by Crippen LogP contribution is 2.05. The van der Waals surface area contributed by atoms with E-state index < -0.39 is 0 Å². The number of aromatic nitrogens is 1. The van der Waals surface area contributed by atoms with Gasteiger partial charge >= 0.3 is 5.97 Å². The summed E-state index contributed by atoms with van der Waals surface area (Å²) in [5.74, 6) is 0.343. The van der Waals surface area contributed by atoms with Crippen LogP contribution in [0, 0.1) is 12.8 Å². The minimum atomic E-state index is -0.210. The number of hydrogen-bond acceptors (Lipinski definition) is 5. The monoisotopic (exact) mass is 288 g/mol. The van der Waals surface area contributed by atoms with E-state index >= 15 is 0 Å². The first-order valence-corrected chi connectivity index (χ1v) is 6.98. The number of aryl methyl sites for hydroxylation is 1. The average Bonchev–Trinajstić information content (AvgIpc) is 2.91. The van der Waals surface area contributed by atoms with Gasteiger partial charge in [-0.2, -0.15) is 0 Å². The molecule has 0 aliphatic heterocycles. The first-order chi connectivity index (χ1) is 10.1. The fourth-order valence-corrected chi connectivity index (χ4v) is 1.87. The molecule has 1 heterocycles. The van der Waals surface area contributed by atoms with Crippen LogP contribution in [-0.2, 0) is 22.7 Å². The molecular weight excluding hydrogens is 268 g/mol. The van der Waals surface area contributed by atoms with E-state index in [4.69, 9.17) is 9.26 Å². The number of nitrogens with zero attached hydrogens (tertiary/aromatic N) is 1. The molecule has 0 radical (unpaired) electrons. The minimum Gasteiger partial charge on any atom is -0.461 e. The molecule has 0 fully saturated rings. The van der Waals surface area contributed by atoms with Crippen LogP contribution in [0.2, 0.25) is 0 Å². The molecule has 2 rings (SSSR count). The van der Waals surface area contributed by atoms with Crippen molar-refractivity contribution < 1.29 is 14.1 Å². The molecule has 0 amide bonds. The van der Waals surface area contributed by atoms with E-state index in [1.165, 1.54) is 0 Å². The number of carbonyl (C=O) groups excluding carboxylic acids is 1. The van der Waals surface area contributed by atoms with E-state index in [2.05, 4.69) is 10.5 Å². The summed E-state index contributed by atoms with van der Waals surface area (Å²) in [5.41, 5.74) is 1.84. The Bertz CT molecular complexity index is 566. The van der Waals surface area contributed by atoms with Crippen molar-refractivity contribution >= 4 is 5.97 Å². The van der Waals surface area contributed by atoms with Crippen LogP contribution in [0.15, 0.2) is 40.9 Å². The Morgan fingerprint density at radius 3 is 2.81 bits per heavy atom. The quantitative estimate of drug-likeness (QED) is 0.793. The maximum Gasteiger partial charge on any atom is 0.310 e. The third-order valence-corrected chi connectivity index (χ3v) is 3.05. The van der Waals surface area contributed by atoms with Crippen LogP contribution in [0.1, 0.15) is 23.9 Å². The van der Waals surface area contributed by atoms with E-state index in [-0.39, 0.29) is 11.9 Å². The van der Waals surface area contributed by atoms with Crippen molar-refractivity contribution in [3.05, 3.63) is 53.4 Å². The first kappa shape index (κ1) is 15.3. The van der Waals surface area contributed by atoms with Gasteiger partial charge in [0.15, 0.2) is 5.76 Å². The standard InChI is InChI=1S/C16H20N2O3/c1-12(9-17-10-15-8-13(2)18-21-15)16(19)20-11-14-6-4-3-5-7-14/h3-8,12,17H,9-11H2,1-2H3. The summed E-state index contributed by atoms with van der Waals surface area (Å²) in [5, 5.41) is 6.97. The second-order valence-corrected chi connectivity index (χ2v) is 5.06. The Labute approximate surface area is 124 Å². The number of esters is 1. The molecular formula is C16H20N2O3. The molecule has 1 unspecified atom stereocenters. The summed E-state index contributed by atoms with van der Waals surface area (Å²) in [6.45, 7) is 5.11. The van der Waals surface area contributed by atoms with Crippen molar-refractivity contribution in [1.29, 1.82) is 0 Å². The molecule has 2 aromatic rings. The molecule has 112 valence electrons. The SMILES string of the molecule is Cc1cc(CNCC(C)C(=O)OCc2ccccc2)on1. The lowest BCUT2D eigenvalue weighted by Gasteiger charge is -2.11. The van der Waals surface area contributed by atoms with Crippen LogP contribution in [0.25, 0.3) is 0 Å². The van der Waals surface area contributed by atoms with Gasteiger partial charge in [0.2, 0.25) is 0 Å². The molecule has 0 saturated carbocycles. The molecule has 0 aliphatic carbocycles. The smallest absolute Gasteiger partial charge is 0.310 e. The second-order valence-electron chi connectivity index (χ2n) is 5.06. The van der Waals surface area contributed by atoms with Crippen LogP contribution in [-0.4, -0.2) is 17.7 Å². The van der Waals surface area contributed by atoms with Crippen LogP contribution < -0.4 is 5.32 Å². The minimum absolute atomic E-state index is 0.208. The zero-order chi connectivity index (χ0) is 15.1. The molecule has 5 nitrogen and oxygen atoms in total. The number of benzene rings is 1. The van der Waals surface area contributed by atoms with Gasteiger partial charge in [0.1, 0.15) is 6.61 Å². The van der Waals surface area contributed by atoms with Gasteiger partial charge < -0.3 is 14.6 Å². The molecule has 1 atom stereocenters. The molecule has 5 heteroatoms. The predicted octanol–water partition coefficient (Wildman–Crippen LogP) is 2.45. The van der Waals surface area contributed by atoms with Crippen molar-refractivity contribution in [1.82, 2.24) is 10.5 Å². The molecule has 0 saturated heterocycles. The number of carbonyl (C=O) groups is 1. The first-order valence-electron chi connectivity index (χ1n) is 6.98. The summed E-state index contributed by atoms with van der Waals surface area (Å²) in [6, 6.07) is 11.5. The van der Waals surface area contributed by atoms with Crippen molar-refractivity contribution in [2.45, 2.75) is 27.0 Å². The van der Waals surface area contributed by atoms with E-state index in [1.54, 1.807) is 0 Å². The largest absolute Gasteiger partial charge is 0.461 e. The number of hydrogen-bond donors (Lipinski definition) is 1. The number of rotatable bonds is 7. The van der Waals surface area contributed by atoms with Gasteiger partial charge in [-0.15, -0.1) is 0 Å². The lowest BCUT2D eigenvalue weighted by molar-refractivity contribution is -0.149. The number of nitrogens with one attached hydrogen (secondary N) is 1. The van der Waals surface area contributed by atoms with Crippen molar-refractivity contribution in [3.63, 3.8) is 0 Å². The van der Waals surface area contributed by atoms with Gasteiger partial charge in [0.25, 0.3) is 0 Å². The van der Waals surface area contributed by atoms with Gasteiger partial charge in [0, 0.05) is 12.6 Å². The van der Waals surface area contributed by atoms with E-state index in [1.807, 2.05) is 50.2 Å². The summed E-state index contributed by atoms with van der Waals surface area (Å²) < 4.78 is 10.4. The summed E-state index contributed by atoms with van der Waals surface area (Å²) >= 11 is 0. The third kappa shape index (κ3) is 5.04. The van der Waals surface area contributed by atoms with Gasteiger partial charge in [-0.1, -0.05) is 42.4 Å². The van der Waals surface area contributed by atoms with Gasteiger partial charge in [-0.3, -0.25) is 4.79 Å². The molecule has 0 aliphatic rings. The predicted molar refractivity (Wildman–Crippen MR) is 78.3 cm³/mol. The van der Waals surface area contributed by atoms with Gasteiger partial charge in [-0.25, -0.2) is 0 Å². The third-order valence-electron chi connectivity index (χ3n) is 3.05. The van der Waals surface area contributed by atoms with E-state index in [0.29, 0.717) is 19.7 Å². The fraction of sp³-hybridized carbons (Fsp3) is 0.375. The normalized spacial score (nSPS) is 12.1. The van der Waals surface area contributed by atoms with Crippen molar-refractivity contribution in [2.75, 3.05) is 6.54 Å². The topological polar surface area (TPSA) is 64.4 Å².